The zero-order valence-electron chi connectivity index (χ0n) is 14.2. The Morgan fingerprint density at radius 3 is 2.84 bits per heavy atom. The van der Waals surface area contributed by atoms with Gasteiger partial charge in [-0.1, -0.05) is 6.07 Å². The third-order valence-corrected chi connectivity index (χ3v) is 4.58. The number of aromatic amines is 1. The highest BCUT2D eigenvalue weighted by Crippen LogP contribution is 2.23. The van der Waals surface area contributed by atoms with Gasteiger partial charge in [0.15, 0.2) is 11.6 Å². The molecular formula is C18H18FN3O2S. The summed E-state index contributed by atoms with van der Waals surface area (Å²) in [6, 6.07) is 6.45. The molecule has 1 aromatic carbocycles. The van der Waals surface area contributed by atoms with Gasteiger partial charge in [0.2, 0.25) is 0 Å². The molecule has 0 saturated heterocycles. The maximum Gasteiger partial charge on any atom is 0.270 e. The number of aromatic nitrogens is 2. The van der Waals surface area contributed by atoms with E-state index in [1.807, 2.05) is 12.3 Å². The first kappa shape index (κ1) is 17.2. The van der Waals surface area contributed by atoms with Crippen LogP contribution >= 0.6 is 11.3 Å². The van der Waals surface area contributed by atoms with Crippen LogP contribution in [0.4, 0.5) is 4.39 Å². The van der Waals surface area contributed by atoms with Crippen LogP contribution in [0.1, 0.15) is 21.1 Å². The monoisotopic (exact) mass is 359 g/mol. The molecule has 0 aliphatic rings. The number of carbonyl (C=O) groups is 1. The van der Waals surface area contributed by atoms with Gasteiger partial charge in [-0.25, -0.2) is 9.37 Å². The van der Waals surface area contributed by atoms with Gasteiger partial charge in [-0.05, 0) is 30.7 Å². The highest BCUT2D eigenvalue weighted by Gasteiger charge is 2.16. The van der Waals surface area contributed by atoms with Gasteiger partial charge in [0.1, 0.15) is 5.69 Å². The number of benzene rings is 1. The first-order valence-electron chi connectivity index (χ1n) is 7.66. The van der Waals surface area contributed by atoms with E-state index in [9.17, 15) is 9.18 Å². The van der Waals surface area contributed by atoms with E-state index in [-0.39, 0.29) is 11.7 Å². The van der Waals surface area contributed by atoms with Crippen LogP contribution in [0.15, 0.2) is 35.8 Å². The van der Waals surface area contributed by atoms with Crippen molar-refractivity contribution in [2.45, 2.75) is 13.5 Å². The second-order valence-electron chi connectivity index (χ2n) is 5.68. The van der Waals surface area contributed by atoms with Crippen LogP contribution in [0.5, 0.6) is 5.75 Å². The first-order valence-corrected chi connectivity index (χ1v) is 8.54. The molecule has 5 nitrogen and oxygen atoms in total. The fourth-order valence-electron chi connectivity index (χ4n) is 2.52. The van der Waals surface area contributed by atoms with Gasteiger partial charge in [0.25, 0.3) is 5.91 Å². The fraction of sp³-hybridized carbons (Fsp3) is 0.222. The molecule has 1 N–H and O–H groups in total. The molecule has 0 spiro atoms. The van der Waals surface area contributed by atoms with Crippen LogP contribution < -0.4 is 4.74 Å². The number of nitrogens with one attached hydrogen (secondary N) is 1. The molecule has 0 atom stereocenters. The van der Waals surface area contributed by atoms with Gasteiger partial charge < -0.3 is 14.6 Å². The van der Waals surface area contributed by atoms with E-state index < -0.39 is 5.82 Å². The molecule has 0 aliphatic heterocycles. The van der Waals surface area contributed by atoms with E-state index in [2.05, 4.69) is 9.97 Å². The lowest BCUT2D eigenvalue weighted by atomic mass is 10.2. The largest absolute Gasteiger partial charge is 0.494 e. The number of nitrogens with zero attached hydrogens (tertiary/aromatic N) is 2. The topological polar surface area (TPSA) is 58.2 Å². The predicted octanol–water partition coefficient (Wildman–Crippen LogP) is 3.87. The molecule has 3 aromatic rings. The highest BCUT2D eigenvalue weighted by molar-refractivity contribution is 7.09. The predicted molar refractivity (Wildman–Crippen MR) is 95.4 cm³/mol. The van der Waals surface area contributed by atoms with E-state index in [0.717, 1.165) is 16.3 Å². The molecule has 0 unspecified atom stereocenters. The lowest BCUT2D eigenvalue weighted by Crippen LogP contribution is -2.26. The van der Waals surface area contributed by atoms with E-state index in [0.29, 0.717) is 17.8 Å². The average Bonchev–Trinajstić information content (AvgIpc) is 3.23. The molecular weight excluding hydrogens is 341 g/mol. The summed E-state index contributed by atoms with van der Waals surface area (Å²) in [5.41, 5.74) is 2.88. The van der Waals surface area contributed by atoms with E-state index in [1.54, 1.807) is 42.8 Å². The Hall–Kier alpha value is -2.67. The van der Waals surface area contributed by atoms with Gasteiger partial charge in [-0.15, -0.1) is 11.3 Å². The molecule has 130 valence electrons. The second-order valence-corrected chi connectivity index (χ2v) is 6.75. The molecule has 3 rings (SSSR count). The van der Waals surface area contributed by atoms with Crippen LogP contribution in [-0.2, 0) is 6.54 Å². The number of hydrogen-bond donors (Lipinski definition) is 1. The molecule has 0 radical (unpaired) electrons. The van der Waals surface area contributed by atoms with Crippen LogP contribution in [0.3, 0.4) is 0 Å². The van der Waals surface area contributed by atoms with Crippen molar-refractivity contribution in [2.75, 3.05) is 14.2 Å². The lowest BCUT2D eigenvalue weighted by molar-refractivity contribution is 0.0780. The summed E-state index contributed by atoms with van der Waals surface area (Å²) in [5.74, 6) is -0.429. The third-order valence-electron chi connectivity index (χ3n) is 3.81. The molecule has 0 saturated carbocycles. The number of ether oxygens (including phenoxy) is 1. The summed E-state index contributed by atoms with van der Waals surface area (Å²) >= 11 is 1.56. The van der Waals surface area contributed by atoms with Crippen molar-refractivity contribution in [3.63, 3.8) is 0 Å². The second kappa shape index (κ2) is 7.06. The SMILES string of the molecule is COc1ccc(CN(C)C(=O)c2cc(-c3csc(C)n3)c[nH]2)cc1F. The number of halogens is 1. The quantitative estimate of drug-likeness (QED) is 0.752. The number of carbonyl (C=O) groups excluding carboxylic acids is 1. The number of methoxy groups -OCH3 is 1. The van der Waals surface area contributed by atoms with Gasteiger partial charge in [0.05, 0.1) is 17.8 Å². The fourth-order valence-corrected chi connectivity index (χ4v) is 3.14. The van der Waals surface area contributed by atoms with Crippen molar-refractivity contribution >= 4 is 17.2 Å². The number of hydrogen-bond acceptors (Lipinski definition) is 4. The van der Waals surface area contributed by atoms with Crippen LogP contribution in [0.2, 0.25) is 0 Å². The number of rotatable bonds is 5. The molecule has 0 fully saturated rings. The summed E-state index contributed by atoms with van der Waals surface area (Å²) in [6.07, 6.45) is 1.77. The van der Waals surface area contributed by atoms with Gasteiger partial charge >= 0.3 is 0 Å². The van der Waals surface area contributed by atoms with Crippen molar-refractivity contribution in [3.8, 4) is 17.0 Å². The van der Waals surface area contributed by atoms with Crippen LogP contribution in [-0.4, -0.2) is 34.9 Å². The van der Waals surface area contributed by atoms with Gasteiger partial charge in [-0.3, -0.25) is 4.79 Å². The summed E-state index contributed by atoms with van der Waals surface area (Å²) < 4.78 is 18.7. The minimum Gasteiger partial charge on any atom is -0.494 e. The minimum atomic E-state index is -0.443. The van der Waals surface area contributed by atoms with E-state index >= 15 is 0 Å². The molecule has 0 bridgehead atoms. The molecule has 0 aliphatic carbocycles. The summed E-state index contributed by atoms with van der Waals surface area (Å²) in [4.78, 5) is 21.5. The van der Waals surface area contributed by atoms with E-state index in [1.165, 1.54) is 18.1 Å². The summed E-state index contributed by atoms with van der Waals surface area (Å²) in [5, 5.41) is 2.93. The first-order chi connectivity index (χ1) is 12.0. The normalized spacial score (nSPS) is 10.7. The highest BCUT2D eigenvalue weighted by atomic mass is 32.1. The Kier molecular flexibility index (Phi) is 4.85. The lowest BCUT2D eigenvalue weighted by Gasteiger charge is -2.16. The van der Waals surface area contributed by atoms with Gasteiger partial charge in [0, 0.05) is 30.7 Å². The smallest absolute Gasteiger partial charge is 0.270 e. The summed E-state index contributed by atoms with van der Waals surface area (Å²) in [7, 11) is 3.10. The summed E-state index contributed by atoms with van der Waals surface area (Å²) in [6.45, 7) is 2.23. The Morgan fingerprint density at radius 2 is 2.20 bits per heavy atom. The van der Waals surface area contributed by atoms with Crippen molar-refractivity contribution in [2.24, 2.45) is 0 Å². The zero-order valence-corrected chi connectivity index (χ0v) is 15.0. The van der Waals surface area contributed by atoms with Crippen molar-refractivity contribution in [1.29, 1.82) is 0 Å². The average molecular weight is 359 g/mol. The standard InChI is InChI=1S/C18H18FN3O2S/c1-11-21-16(10-25-11)13-7-15(20-8-13)18(23)22(2)9-12-4-5-17(24-3)14(19)6-12/h4-8,10,20H,9H2,1-3H3. The number of thiazole rings is 1. The van der Waals surface area contributed by atoms with Crippen molar-refractivity contribution in [1.82, 2.24) is 14.9 Å². The van der Waals surface area contributed by atoms with Crippen molar-refractivity contribution < 1.29 is 13.9 Å². The third kappa shape index (κ3) is 3.71. The molecule has 2 heterocycles. The van der Waals surface area contributed by atoms with Gasteiger partial charge in [-0.2, -0.15) is 0 Å². The number of H-pyrrole nitrogens is 1. The van der Waals surface area contributed by atoms with E-state index in [4.69, 9.17) is 4.74 Å². The zero-order chi connectivity index (χ0) is 18.0. The van der Waals surface area contributed by atoms with Crippen molar-refractivity contribution in [3.05, 3.63) is 57.9 Å². The molecule has 2 aromatic heterocycles. The molecule has 7 heteroatoms. The Labute approximate surface area is 149 Å². The Bertz CT molecular complexity index is 903. The Balaban J connectivity index is 1.72. The van der Waals surface area contributed by atoms with Crippen LogP contribution in [0.25, 0.3) is 11.3 Å². The number of amides is 1. The molecule has 1 amide bonds. The van der Waals surface area contributed by atoms with Crippen LogP contribution in [0, 0.1) is 12.7 Å². The molecule has 25 heavy (non-hydrogen) atoms. The maximum atomic E-state index is 13.8. The Morgan fingerprint density at radius 1 is 1.40 bits per heavy atom. The maximum absolute atomic E-state index is 13.8. The number of aryl methyl sites for hydroxylation is 1. The minimum absolute atomic E-state index is 0.172.